The molecular weight excluding hydrogens is 246 g/mol. The quantitative estimate of drug-likeness (QED) is 0.914. The van der Waals surface area contributed by atoms with E-state index in [1.54, 1.807) is 11.7 Å². The third-order valence-electron chi connectivity index (χ3n) is 3.10. The van der Waals surface area contributed by atoms with Gasteiger partial charge in [-0.05, 0) is 20.3 Å². The van der Waals surface area contributed by atoms with Crippen LogP contribution in [0, 0.1) is 6.92 Å². The summed E-state index contributed by atoms with van der Waals surface area (Å²) in [6.45, 7) is 5.71. The van der Waals surface area contributed by atoms with Crippen molar-refractivity contribution >= 4 is 17.0 Å². The van der Waals surface area contributed by atoms with Crippen LogP contribution in [0.2, 0.25) is 0 Å². The number of rotatable bonds is 4. The van der Waals surface area contributed by atoms with Crippen LogP contribution in [0.25, 0.3) is 11.0 Å². The molecule has 102 valence electrons. The van der Waals surface area contributed by atoms with Crippen molar-refractivity contribution in [1.29, 1.82) is 0 Å². The van der Waals surface area contributed by atoms with Gasteiger partial charge in [0.15, 0.2) is 5.65 Å². The van der Waals surface area contributed by atoms with Gasteiger partial charge in [-0.15, -0.1) is 0 Å². The molecule has 0 aliphatic heterocycles. The Bertz CT molecular complexity index is 634. The zero-order valence-corrected chi connectivity index (χ0v) is 11.5. The Labute approximate surface area is 111 Å². The molecule has 6 nitrogen and oxygen atoms in total. The number of hydrogen-bond acceptors (Lipinski definition) is 4. The number of carboxylic acids is 1. The maximum Gasteiger partial charge on any atom is 0.341 e. The molecule has 0 fully saturated rings. The third kappa shape index (κ3) is 2.25. The lowest BCUT2D eigenvalue weighted by Gasteiger charge is -2.15. The van der Waals surface area contributed by atoms with Crippen LogP contribution in [0.3, 0.4) is 0 Å². The molecule has 1 atom stereocenters. The van der Waals surface area contributed by atoms with E-state index in [0.29, 0.717) is 22.5 Å². The van der Waals surface area contributed by atoms with E-state index in [4.69, 9.17) is 4.74 Å². The minimum absolute atomic E-state index is 0.0664. The van der Waals surface area contributed by atoms with Crippen molar-refractivity contribution in [3.05, 3.63) is 17.5 Å². The van der Waals surface area contributed by atoms with Gasteiger partial charge in [-0.1, -0.05) is 6.92 Å². The highest BCUT2D eigenvalue weighted by Crippen LogP contribution is 2.31. The van der Waals surface area contributed by atoms with E-state index < -0.39 is 5.97 Å². The first-order valence-corrected chi connectivity index (χ1v) is 6.18. The SMILES string of the molecule is CCC(C)Oc1c(C(=O)O)cnc2c1c(C)nn2C. The Kier molecular flexibility index (Phi) is 3.42. The van der Waals surface area contributed by atoms with E-state index in [2.05, 4.69) is 10.1 Å². The number of carbonyl (C=O) groups is 1. The number of aryl methyl sites for hydroxylation is 2. The Morgan fingerprint density at radius 1 is 1.58 bits per heavy atom. The summed E-state index contributed by atoms with van der Waals surface area (Å²) in [5.74, 6) is -0.687. The number of hydrogen-bond donors (Lipinski definition) is 1. The lowest BCUT2D eigenvalue weighted by molar-refractivity contribution is 0.0689. The van der Waals surface area contributed by atoms with Crippen molar-refractivity contribution in [1.82, 2.24) is 14.8 Å². The third-order valence-corrected chi connectivity index (χ3v) is 3.10. The Morgan fingerprint density at radius 2 is 2.26 bits per heavy atom. The summed E-state index contributed by atoms with van der Waals surface area (Å²) in [6.07, 6.45) is 2.05. The topological polar surface area (TPSA) is 77.2 Å². The molecule has 0 spiro atoms. The lowest BCUT2D eigenvalue weighted by Crippen LogP contribution is -2.13. The monoisotopic (exact) mass is 263 g/mol. The summed E-state index contributed by atoms with van der Waals surface area (Å²) in [7, 11) is 1.77. The number of pyridine rings is 1. The molecule has 0 aromatic carbocycles. The molecule has 1 N–H and O–H groups in total. The summed E-state index contributed by atoms with van der Waals surface area (Å²) in [6, 6.07) is 0. The second-order valence-corrected chi connectivity index (χ2v) is 4.55. The number of carboxylic acid groups (broad SMARTS) is 1. The summed E-state index contributed by atoms with van der Waals surface area (Å²) >= 11 is 0. The molecular formula is C13H17N3O3. The van der Waals surface area contributed by atoms with Crippen LogP contribution in [0.1, 0.15) is 36.3 Å². The van der Waals surface area contributed by atoms with E-state index in [0.717, 1.165) is 6.42 Å². The summed E-state index contributed by atoms with van der Waals surface area (Å²) in [4.78, 5) is 15.5. The second-order valence-electron chi connectivity index (χ2n) is 4.55. The van der Waals surface area contributed by atoms with E-state index in [1.165, 1.54) is 6.20 Å². The standard InChI is InChI=1S/C13H17N3O3/c1-5-7(2)19-11-9(13(17)18)6-14-12-10(11)8(3)15-16(12)4/h6-7H,5H2,1-4H3,(H,17,18). The van der Waals surface area contributed by atoms with Gasteiger partial charge in [0, 0.05) is 13.2 Å². The Morgan fingerprint density at radius 3 is 2.84 bits per heavy atom. The zero-order valence-electron chi connectivity index (χ0n) is 11.5. The normalized spacial score (nSPS) is 12.6. The van der Waals surface area contributed by atoms with Gasteiger partial charge in [-0.2, -0.15) is 5.10 Å². The molecule has 0 saturated carbocycles. The van der Waals surface area contributed by atoms with Crippen molar-refractivity contribution in [3.8, 4) is 5.75 Å². The highest BCUT2D eigenvalue weighted by Gasteiger charge is 2.21. The van der Waals surface area contributed by atoms with E-state index in [-0.39, 0.29) is 11.7 Å². The smallest absolute Gasteiger partial charge is 0.341 e. The average Bonchev–Trinajstić information content (AvgIpc) is 2.65. The molecule has 0 bridgehead atoms. The van der Waals surface area contributed by atoms with Crippen molar-refractivity contribution < 1.29 is 14.6 Å². The number of aromatic nitrogens is 3. The first-order chi connectivity index (χ1) is 8.95. The highest BCUT2D eigenvalue weighted by molar-refractivity contribution is 5.98. The van der Waals surface area contributed by atoms with Gasteiger partial charge in [0.25, 0.3) is 0 Å². The van der Waals surface area contributed by atoms with Crippen molar-refractivity contribution in [2.75, 3.05) is 0 Å². The molecule has 2 aromatic heterocycles. The molecule has 19 heavy (non-hydrogen) atoms. The lowest BCUT2D eigenvalue weighted by atomic mass is 10.1. The molecule has 1 unspecified atom stereocenters. The number of ether oxygens (including phenoxy) is 1. The molecule has 0 amide bonds. The first kappa shape index (κ1) is 13.3. The van der Waals surface area contributed by atoms with Gasteiger partial charge in [-0.25, -0.2) is 9.78 Å². The maximum absolute atomic E-state index is 11.3. The molecule has 0 aliphatic rings. The summed E-state index contributed by atoms with van der Waals surface area (Å²) in [5.41, 5.74) is 1.41. The largest absolute Gasteiger partial charge is 0.489 e. The molecule has 2 heterocycles. The van der Waals surface area contributed by atoms with Gasteiger partial charge in [0.1, 0.15) is 11.3 Å². The molecule has 0 saturated heterocycles. The minimum Gasteiger partial charge on any atom is -0.489 e. The Balaban J connectivity index is 2.72. The molecule has 6 heteroatoms. The predicted octanol–water partition coefficient (Wildman–Crippen LogP) is 2.15. The number of nitrogens with zero attached hydrogens (tertiary/aromatic N) is 3. The van der Waals surface area contributed by atoms with Gasteiger partial charge >= 0.3 is 5.97 Å². The fourth-order valence-electron chi connectivity index (χ4n) is 1.94. The highest BCUT2D eigenvalue weighted by atomic mass is 16.5. The van der Waals surface area contributed by atoms with Gasteiger partial charge in [0.2, 0.25) is 0 Å². The Hall–Kier alpha value is -2.11. The van der Waals surface area contributed by atoms with Crippen molar-refractivity contribution in [2.24, 2.45) is 7.05 Å². The van der Waals surface area contributed by atoms with E-state index in [1.807, 2.05) is 20.8 Å². The molecule has 2 rings (SSSR count). The van der Waals surface area contributed by atoms with Crippen LogP contribution >= 0.6 is 0 Å². The van der Waals surface area contributed by atoms with Crippen LogP contribution in [-0.4, -0.2) is 31.9 Å². The zero-order chi connectivity index (χ0) is 14.2. The molecule has 0 aliphatic carbocycles. The minimum atomic E-state index is -1.05. The fraction of sp³-hybridized carbons (Fsp3) is 0.462. The van der Waals surface area contributed by atoms with Gasteiger partial charge in [-0.3, -0.25) is 4.68 Å². The van der Waals surface area contributed by atoms with Crippen LogP contribution in [0.5, 0.6) is 5.75 Å². The summed E-state index contributed by atoms with van der Waals surface area (Å²) < 4.78 is 7.41. The second kappa shape index (κ2) is 4.87. The van der Waals surface area contributed by atoms with Crippen LogP contribution in [-0.2, 0) is 7.05 Å². The van der Waals surface area contributed by atoms with Crippen LogP contribution in [0.4, 0.5) is 0 Å². The van der Waals surface area contributed by atoms with Crippen molar-refractivity contribution in [3.63, 3.8) is 0 Å². The first-order valence-electron chi connectivity index (χ1n) is 6.18. The molecule has 0 radical (unpaired) electrons. The van der Waals surface area contributed by atoms with Crippen molar-refractivity contribution in [2.45, 2.75) is 33.3 Å². The maximum atomic E-state index is 11.3. The molecule has 2 aromatic rings. The summed E-state index contributed by atoms with van der Waals surface area (Å²) in [5, 5.41) is 14.2. The van der Waals surface area contributed by atoms with E-state index >= 15 is 0 Å². The fourth-order valence-corrected chi connectivity index (χ4v) is 1.94. The van der Waals surface area contributed by atoms with Gasteiger partial charge < -0.3 is 9.84 Å². The van der Waals surface area contributed by atoms with Crippen LogP contribution < -0.4 is 4.74 Å². The predicted molar refractivity (Wildman–Crippen MR) is 70.6 cm³/mol. The van der Waals surface area contributed by atoms with E-state index in [9.17, 15) is 9.90 Å². The average molecular weight is 263 g/mol. The number of aromatic carboxylic acids is 1. The number of fused-ring (bicyclic) bond motifs is 1. The van der Waals surface area contributed by atoms with Crippen LogP contribution in [0.15, 0.2) is 6.20 Å². The van der Waals surface area contributed by atoms with Gasteiger partial charge in [0.05, 0.1) is 17.2 Å².